The van der Waals surface area contributed by atoms with E-state index in [1.54, 1.807) is 7.05 Å². The third-order valence-corrected chi connectivity index (χ3v) is 3.11. The van der Waals surface area contributed by atoms with Crippen LogP contribution in [0, 0.1) is 6.92 Å². The SMILES string of the molecule is Cc1ccccc1C1C(C(=O)O)NC(=O)N1C. The Balaban J connectivity index is 2.44. The first-order valence-electron chi connectivity index (χ1n) is 5.34. The normalized spacial score (nSPS) is 23.6. The van der Waals surface area contributed by atoms with Gasteiger partial charge in [-0.3, -0.25) is 0 Å². The molecule has 0 aliphatic carbocycles. The average Bonchev–Trinajstić information content (AvgIpc) is 2.57. The summed E-state index contributed by atoms with van der Waals surface area (Å²) in [7, 11) is 1.61. The fraction of sp³-hybridized carbons (Fsp3) is 0.333. The van der Waals surface area contributed by atoms with Crippen LogP contribution in [0.15, 0.2) is 24.3 Å². The first kappa shape index (κ1) is 11.4. The molecule has 0 saturated carbocycles. The number of urea groups is 1. The number of hydrogen-bond donors (Lipinski definition) is 2. The fourth-order valence-electron chi connectivity index (χ4n) is 2.17. The van der Waals surface area contributed by atoms with Gasteiger partial charge in [0.2, 0.25) is 0 Å². The van der Waals surface area contributed by atoms with Crippen molar-refractivity contribution in [2.45, 2.75) is 19.0 Å². The molecule has 5 nitrogen and oxygen atoms in total. The van der Waals surface area contributed by atoms with Crippen molar-refractivity contribution in [3.63, 3.8) is 0 Å². The van der Waals surface area contributed by atoms with Crippen LogP contribution in [-0.2, 0) is 4.79 Å². The van der Waals surface area contributed by atoms with Gasteiger partial charge < -0.3 is 15.3 Å². The number of hydrogen-bond acceptors (Lipinski definition) is 2. The van der Waals surface area contributed by atoms with Gasteiger partial charge in [0.25, 0.3) is 0 Å². The van der Waals surface area contributed by atoms with Crippen molar-refractivity contribution < 1.29 is 14.7 Å². The van der Waals surface area contributed by atoms with Crippen molar-refractivity contribution in [3.8, 4) is 0 Å². The Bertz CT molecular complexity index is 473. The van der Waals surface area contributed by atoms with Crippen molar-refractivity contribution >= 4 is 12.0 Å². The lowest BCUT2D eigenvalue weighted by atomic mass is 9.96. The van der Waals surface area contributed by atoms with Gasteiger partial charge in [-0.05, 0) is 18.1 Å². The third-order valence-electron chi connectivity index (χ3n) is 3.11. The molecule has 0 radical (unpaired) electrons. The minimum Gasteiger partial charge on any atom is -0.480 e. The summed E-state index contributed by atoms with van der Waals surface area (Å²) in [6, 6.07) is 5.79. The van der Waals surface area contributed by atoms with Gasteiger partial charge in [0, 0.05) is 7.05 Å². The topological polar surface area (TPSA) is 69.6 Å². The van der Waals surface area contributed by atoms with Crippen LogP contribution >= 0.6 is 0 Å². The van der Waals surface area contributed by atoms with Crippen molar-refractivity contribution in [2.75, 3.05) is 7.05 Å². The summed E-state index contributed by atoms with van der Waals surface area (Å²) in [6.45, 7) is 1.91. The number of carboxylic acid groups (broad SMARTS) is 1. The standard InChI is InChI=1S/C12H14N2O3/c1-7-5-3-4-6-8(7)10-9(11(15)16)13-12(17)14(10)2/h3-6,9-10H,1-2H3,(H,13,17)(H,15,16). The molecule has 90 valence electrons. The maximum Gasteiger partial charge on any atom is 0.328 e. The molecule has 5 heteroatoms. The van der Waals surface area contributed by atoms with E-state index in [-0.39, 0.29) is 6.03 Å². The number of rotatable bonds is 2. The van der Waals surface area contributed by atoms with Crippen LogP contribution in [0.1, 0.15) is 17.2 Å². The summed E-state index contributed by atoms with van der Waals surface area (Å²) in [6.07, 6.45) is 0. The molecule has 1 heterocycles. The summed E-state index contributed by atoms with van der Waals surface area (Å²) in [5, 5.41) is 11.6. The van der Waals surface area contributed by atoms with Crippen LogP contribution in [-0.4, -0.2) is 35.1 Å². The molecule has 1 fully saturated rings. The van der Waals surface area contributed by atoms with E-state index in [0.717, 1.165) is 11.1 Å². The number of carbonyl (C=O) groups excluding carboxylic acids is 1. The molecule has 1 aliphatic heterocycles. The van der Waals surface area contributed by atoms with E-state index in [2.05, 4.69) is 5.32 Å². The van der Waals surface area contributed by atoms with Crippen LogP contribution in [0.4, 0.5) is 4.79 Å². The summed E-state index contributed by atoms with van der Waals surface area (Å²) in [4.78, 5) is 24.1. The maximum atomic E-state index is 11.5. The Morgan fingerprint density at radius 3 is 2.65 bits per heavy atom. The lowest BCUT2D eigenvalue weighted by Crippen LogP contribution is -2.36. The highest BCUT2D eigenvalue weighted by Gasteiger charge is 2.42. The summed E-state index contributed by atoms with van der Waals surface area (Å²) in [5.41, 5.74) is 1.84. The van der Waals surface area contributed by atoms with E-state index < -0.39 is 18.1 Å². The molecule has 0 spiro atoms. The molecule has 1 aromatic rings. The predicted molar refractivity (Wildman–Crippen MR) is 61.6 cm³/mol. The molecule has 2 N–H and O–H groups in total. The molecule has 0 aromatic heterocycles. The predicted octanol–water partition coefficient (Wildman–Crippen LogP) is 1.14. The molecule has 0 bridgehead atoms. The zero-order valence-corrected chi connectivity index (χ0v) is 9.68. The Morgan fingerprint density at radius 2 is 2.06 bits per heavy atom. The second-order valence-corrected chi connectivity index (χ2v) is 4.18. The number of likely N-dealkylation sites (N-methyl/N-ethyl adjacent to an activating group) is 1. The third kappa shape index (κ3) is 1.84. The molecule has 2 atom stereocenters. The van der Waals surface area contributed by atoms with Crippen LogP contribution in [0.2, 0.25) is 0 Å². The second kappa shape index (κ2) is 4.08. The van der Waals surface area contributed by atoms with Crippen molar-refractivity contribution in [2.24, 2.45) is 0 Å². The molecule has 1 aliphatic rings. The van der Waals surface area contributed by atoms with Crippen LogP contribution in [0.25, 0.3) is 0 Å². The van der Waals surface area contributed by atoms with Crippen molar-refractivity contribution in [1.29, 1.82) is 0 Å². The van der Waals surface area contributed by atoms with Crippen molar-refractivity contribution in [3.05, 3.63) is 35.4 Å². The quantitative estimate of drug-likeness (QED) is 0.806. The first-order valence-corrected chi connectivity index (χ1v) is 5.34. The van der Waals surface area contributed by atoms with Crippen LogP contribution in [0.5, 0.6) is 0 Å². The van der Waals surface area contributed by atoms with E-state index in [4.69, 9.17) is 5.11 Å². The van der Waals surface area contributed by atoms with E-state index >= 15 is 0 Å². The van der Waals surface area contributed by atoms with Gasteiger partial charge in [0.1, 0.15) is 0 Å². The number of amides is 2. The molecular formula is C12H14N2O3. The number of aryl methyl sites for hydroxylation is 1. The Morgan fingerprint density at radius 1 is 1.41 bits per heavy atom. The van der Waals surface area contributed by atoms with E-state index in [1.807, 2.05) is 31.2 Å². The number of nitrogens with one attached hydrogen (secondary N) is 1. The van der Waals surface area contributed by atoms with Gasteiger partial charge in [-0.1, -0.05) is 24.3 Å². The van der Waals surface area contributed by atoms with E-state index in [0.29, 0.717) is 0 Å². The average molecular weight is 234 g/mol. The van der Waals surface area contributed by atoms with E-state index in [1.165, 1.54) is 4.90 Å². The summed E-state index contributed by atoms with van der Waals surface area (Å²) < 4.78 is 0. The highest BCUT2D eigenvalue weighted by Crippen LogP contribution is 2.30. The van der Waals surface area contributed by atoms with Gasteiger partial charge >= 0.3 is 12.0 Å². The number of aliphatic carboxylic acids is 1. The zero-order valence-electron chi connectivity index (χ0n) is 9.68. The van der Waals surface area contributed by atoms with Gasteiger partial charge in [-0.15, -0.1) is 0 Å². The molecular weight excluding hydrogens is 220 g/mol. The molecule has 2 amide bonds. The molecule has 1 saturated heterocycles. The fourth-order valence-corrected chi connectivity index (χ4v) is 2.17. The Hall–Kier alpha value is -2.04. The lowest BCUT2D eigenvalue weighted by Gasteiger charge is -2.23. The summed E-state index contributed by atoms with van der Waals surface area (Å²) >= 11 is 0. The first-order chi connectivity index (χ1) is 8.02. The number of benzene rings is 1. The number of nitrogens with zero attached hydrogens (tertiary/aromatic N) is 1. The number of carboxylic acids is 1. The molecule has 2 unspecified atom stereocenters. The minimum atomic E-state index is -1.02. The largest absolute Gasteiger partial charge is 0.480 e. The number of carbonyl (C=O) groups is 2. The molecule has 2 rings (SSSR count). The van der Waals surface area contributed by atoms with Gasteiger partial charge in [-0.25, -0.2) is 9.59 Å². The summed E-state index contributed by atoms with van der Waals surface area (Å²) in [5.74, 6) is -1.02. The van der Waals surface area contributed by atoms with Crippen molar-refractivity contribution in [1.82, 2.24) is 10.2 Å². The minimum absolute atomic E-state index is 0.356. The molecule has 17 heavy (non-hydrogen) atoms. The highest BCUT2D eigenvalue weighted by molar-refractivity contribution is 5.87. The lowest BCUT2D eigenvalue weighted by molar-refractivity contribution is -0.139. The van der Waals surface area contributed by atoms with Crippen LogP contribution < -0.4 is 5.32 Å². The highest BCUT2D eigenvalue weighted by atomic mass is 16.4. The van der Waals surface area contributed by atoms with E-state index in [9.17, 15) is 9.59 Å². The van der Waals surface area contributed by atoms with Gasteiger partial charge in [0.05, 0.1) is 6.04 Å². The monoisotopic (exact) mass is 234 g/mol. The molecule has 1 aromatic carbocycles. The maximum absolute atomic E-state index is 11.5. The Labute approximate surface area is 99.0 Å². The van der Waals surface area contributed by atoms with Gasteiger partial charge in [0.15, 0.2) is 6.04 Å². The second-order valence-electron chi connectivity index (χ2n) is 4.18. The Kier molecular flexibility index (Phi) is 2.75. The zero-order chi connectivity index (χ0) is 12.6. The van der Waals surface area contributed by atoms with Crippen LogP contribution in [0.3, 0.4) is 0 Å². The van der Waals surface area contributed by atoms with Gasteiger partial charge in [-0.2, -0.15) is 0 Å². The smallest absolute Gasteiger partial charge is 0.328 e.